The first kappa shape index (κ1) is 18.8. The zero-order chi connectivity index (χ0) is 19.0. The summed E-state index contributed by atoms with van der Waals surface area (Å²) in [5.74, 6) is 0.752. The molecule has 0 heterocycles. The van der Waals surface area contributed by atoms with Crippen LogP contribution in [0.4, 0.5) is 0 Å². The average molecular weight is 458 g/mol. The minimum atomic E-state index is 0.0423. The summed E-state index contributed by atoms with van der Waals surface area (Å²) in [5, 5.41) is 20.4. The van der Waals surface area contributed by atoms with E-state index in [4.69, 9.17) is 0 Å². The predicted octanol–water partition coefficient (Wildman–Crippen LogP) is 6.12. The first-order valence-corrected chi connectivity index (χ1v) is 9.71. The maximum absolute atomic E-state index is 10.2. The molecule has 0 aromatic heterocycles. The second-order valence-electron chi connectivity index (χ2n) is 6.99. The molecule has 0 aliphatic carbocycles. The van der Waals surface area contributed by atoms with Gasteiger partial charge in [-0.2, -0.15) is 0 Å². The minimum absolute atomic E-state index is 0.0423. The number of benzene rings is 3. The zero-order valence-corrected chi connectivity index (χ0v) is 17.6. The summed E-state index contributed by atoms with van der Waals surface area (Å²) in [5.41, 5.74) is 7.00. The van der Waals surface area contributed by atoms with Gasteiger partial charge in [0.2, 0.25) is 0 Å². The molecule has 134 valence electrons. The van der Waals surface area contributed by atoms with Crippen LogP contribution >= 0.6 is 22.6 Å². The minimum Gasteiger partial charge on any atom is -0.507 e. The summed E-state index contributed by atoms with van der Waals surface area (Å²) in [6.45, 7) is 7.74. The van der Waals surface area contributed by atoms with Crippen LogP contribution in [-0.2, 0) is 0 Å². The van der Waals surface area contributed by atoms with Gasteiger partial charge in [-0.3, -0.25) is 0 Å². The lowest BCUT2D eigenvalue weighted by atomic mass is 9.82. The molecule has 0 saturated carbocycles. The van der Waals surface area contributed by atoms with E-state index in [0.717, 1.165) is 33.4 Å². The summed E-state index contributed by atoms with van der Waals surface area (Å²) < 4.78 is 1.18. The molecule has 3 aromatic rings. The van der Waals surface area contributed by atoms with Crippen LogP contribution in [0.15, 0.2) is 48.5 Å². The monoisotopic (exact) mass is 458 g/mol. The smallest absolute Gasteiger partial charge is 0.121 e. The number of halogens is 1. The zero-order valence-electron chi connectivity index (χ0n) is 15.5. The molecule has 2 N–H and O–H groups in total. The predicted molar refractivity (Wildman–Crippen MR) is 115 cm³/mol. The fourth-order valence-electron chi connectivity index (χ4n) is 3.58. The molecule has 0 bridgehead atoms. The number of aromatic hydroxyl groups is 2. The Morgan fingerprint density at radius 2 is 1.08 bits per heavy atom. The topological polar surface area (TPSA) is 40.5 Å². The van der Waals surface area contributed by atoms with E-state index in [1.54, 1.807) is 0 Å². The van der Waals surface area contributed by atoms with Crippen molar-refractivity contribution in [3.63, 3.8) is 0 Å². The van der Waals surface area contributed by atoms with Gasteiger partial charge in [-0.1, -0.05) is 36.4 Å². The molecular weight excluding hydrogens is 435 g/mol. The van der Waals surface area contributed by atoms with E-state index in [1.807, 2.05) is 27.7 Å². The van der Waals surface area contributed by atoms with Crippen molar-refractivity contribution in [2.45, 2.75) is 33.6 Å². The van der Waals surface area contributed by atoms with Gasteiger partial charge in [0.25, 0.3) is 0 Å². The van der Waals surface area contributed by atoms with Gasteiger partial charge in [0.15, 0.2) is 0 Å². The Morgan fingerprint density at radius 1 is 0.654 bits per heavy atom. The van der Waals surface area contributed by atoms with E-state index in [2.05, 4.69) is 71.1 Å². The highest BCUT2D eigenvalue weighted by Crippen LogP contribution is 2.38. The summed E-state index contributed by atoms with van der Waals surface area (Å²) >= 11 is 2.33. The molecule has 3 aromatic carbocycles. The van der Waals surface area contributed by atoms with Crippen molar-refractivity contribution >= 4 is 22.6 Å². The molecule has 0 fully saturated rings. The van der Waals surface area contributed by atoms with Crippen molar-refractivity contribution in [2.24, 2.45) is 0 Å². The lowest BCUT2D eigenvalue weighted by molar-refractivity contribution is 0.466. The van der Waals surface area contributed by atoms with Crippen LogP contribution in [0.2, 0.25) is 0 Å². The molecule has 0 amide bonds. The number of rotatable bonds is 3. The molecular formula is C23H23IO2. The third kappa shape index (κ3) is 3.58. The number of hydrogen-bond acceptors (Lipinski definition) is 2. The van der Waals surface area contributed by atoms with Crippen LogP contribution in [0.5, 0.6) is 11.5 Å². The normalized spacial score (nSPS) is 11.2. The number of aryl methyl sites for hydroxylation is 4. The molecule has 26 heavy (non-hydrogen) atoms. The van der Waals surface area contributed by atoms with Crippen molar-refractivity contribution in [1.82, 2.24) is 0 Å². The summed E-state index contributed by atoms with van der Waals surface area (Å²) in [4.78, 5) is 0. The lowest BCUT2D eigenvalue weighted by Gasteiger charge is -2.22. The van der Waals surface area contributed by atoms with E-state index >= 15 is 0 Å². The second kappa shape index (κ2) is 7.31. The Balaban J connectivity index is 2.27. The molecule has 0 atom stereocenters. The second-order valence-corrected chi connectivity index (χ2v) is 8.24. The van der Waals surface area contributed by atoms with E-state index in [-0.39, 0.29) is 5.92 Å². The van der Waals surface area contributed by atoms with Gasteiger partial charge in [-0.15, -0.1) is 0 Å². The SMILES string of the molecule is Cc1cc(C(c2cccc(I)c2)c2cc(C)c(O)c(C)c2)cc(C)c1O. The summed E-state index contributed by atoms with van der Waals surface area (Å²) in [6.07, 6.45) is 0. The molecule has 0 radical (unpaired) electrons. The Bertz CT molecular complexity index is 872. The standard InChI is InChI=1S/C23H23IO2/c1-13-8-18(9-14(2)22(13)25)21(17-6-5-7-20(24)12-17)19-10-15(3)23(26)16(4)11-19/h5-12,21,25-26H,1-4H3. The number of hydrogen-bond donors (Lipinski definition) is 2. The lowest BCUT2D eigenvalue weighted by Crippen LogP contribution is -2.06. The molecule has 3 heteroatoms. The van der Waals surface area contributed by atoms with Crippen LogP contribution in [-0.4, -0.2) is 10.2 Å². The van der Waals surface area contributed by atoms with Gasteiger partial charge < -0.3 is 10.2 Å². The molecule has 2 nitrogen and oxygen atoms in total. The summed E-state index contributed by atoms with van der Waals surface area (Å²) in [6, 6.07) is 16.7. The van der Waals surface area contributed by atoms with Gasteiger partial charge in [0.05, 0.1) is 0 Å². The van der Waals surface area contributed by atoms with Crippen LogP contribution in [0.3, 0.4) is 0 Å². The highest BCUT2D eigenvalue weighted by atomic mass is 127. The molecule has 0 spiro atoms. The quantitative estimate of drug-likeness (QED) is 0.367. The van der Waals surface area contributed by atoms with E-state index in [1.165, 1.54) is 9.13 Å². The fourth-order valence-corrected chi connectivity index (χ4v) is 4.14. The van der Waals surface area contributed by atoms with Crippen LogP contribution in [0.25, 0.3) is 0 Å². The number of phenols is 2. The molecule has 0 aliphatic rings. The van der Waals surface area contributed by atoms with E-state index in [0.29, 0.717) is 11.5 Å². The fraction of sp³-hybridized carbons (Fsp3) is 0.217. The van der Waals surface area contributed by atoms with Crippen molar-refractivity contribution in [1.29, 1.82) is 0 Å². The first-order chi connectivity index (χ1) is 12.3. The van der Waals surface area contributed by atoms with Gasteiger partial charge in [0.1, 0.15) is 11.5 Å². The van der Waals surface area contributed by atoms with Crippen molar-refractivity contribution in [3.8, 4) is 11.5 Å². The van der Waals surface area contributed by atoms with Crippen LogP contribution in [0.1, 0.15) is 44.9 Å². The summed E-state index contributed by atoms with van der Waals surface area (Å²) in [7, 11) is 0. The van der Waals surface area contributed by atoms with Gasteiger partial charge >= 0.3 is 0 Å². The maximum atomic E-state index is 10.2. The Morgan fingerprint density at radius 3 is 1.46 bits per heavy atom. The maximum Gasteiger partial charge on any atom is 0.121 e. The van der Waals surface area contributed by atoms with Gasteiger partial charge in [-0.25, -0.2) is 0 Å². The third-order valence-electron chi connectivity index (χ3n) is 4.88. The molecule has 0 aliphatic heterocycles. The molecule has 0 saturated heterocycles. The van der Waals surface area contributed by atoms with Crippen molar-refractivity contribution in [3.05, 3.63) is 91.0 Å². The third-order valence-corrected chi connectivity index (χ3v) is 5.55. The first-order valence-electron chi connectivity index (χ1n) is 8.63. The number of phenolic OH excluding ortho intramolecular Hbond substituents is 2. The average Bonchev–Trinajstić information content (AvgIpc) is 2.57. The Labute approximate surface area is 168 Å². The molecule has 3 rings (SSSR count). The Kier molecular flexibility index (Phi) is 5.28. The van der Waals surface area contributed by atoms with Gasteiger partial charge in [0, 0.05) is 9.49 Å². The van der Waals surface area contributed by atoms with Gasteiger partial charge in [-0.05, 0) is 101 Å². The Hall–Kier alpha value is -2.01. The van der Waals surface area contributed by atoms with Crippen LogP contribution in [0, 0.1) is 31.3 Å². The molecule has 0 unspecified atom stereocenters. The highest BCUT2D eigenvalue weighted by molar-refractivity contribution is 14.1. The van der Waals surface area contributed by atoms with Crippen LogP contribution < -0.4 is 0 Å². The largest absolute Gasteiger partial charge is 0.507 e. The van der Waals surface area contributed by atoms with E-state index in [9.17, 15) is 10.2 Å². The van der Waals surface area contributed by atoms with Crippen molar-refractivity contribution in [2.75, 3.05) is 0 Å². The highest BCUT2D eigenvalue weighted by Gasteiger charge is 2.20. The van der Waals surface area contributed by atoms with Crippen molar-refractivity contribution < 1.29 is 10.2 Å². The van der Waals surface area contributed by atoms with E-state index < -0.39 is 0 Å².